The summed E-state index contributed by atoms with van der Waals surface area (Å²) in [6.07, 6.45) is 1.93. The molecule has 0 aliphatic carbocycles. The topological polar surface area (TPSA) is 56.9 Å². The number of hydrogen-bond donors (Lipinski definition) is 0. The highest BCUT2D eigenvalue weighted by molar-refractivity contribution is 6.38. The molecule has 2 aliphatic heterocycles. The van der Waals surface area contributed by atoms with Gasteiger partial charge in [0, 0.05) is 19.0 Å². The number of pyridine rings is 1. The minimum absolute atomic E-state index is 0.304. The minimum atomic E-state index is -0.561. The molecule has 6 heteroatoms. The SMILES string of the molecule is CCCCn1c2nc(=O)n(C)c(=O)c-2c(Cl)c2ccccc21. The Morgan fingerprint density at radius 2 is 1.95 bits per heavy atom. The molecule has 0 saturated heterocycles. The van der Waals surface area contributed by atoms with Gasteiger partial charge in [0.15, 0.2) is 5.82 Å². The van der Waals surface area contributed by atoms with Crippen LogP contribution >= 0.6 is 11.6 Å². The molecule has 0 N–H and O–H groups in total. The van der Waals surface area contributed by atoms with Crippen molar-refractivity contribution in [3.63, 3.8) is 0 Å². The van der Waals surface area contributed by atoms with Gasteiger partial charge >= 0.3 is 5.69 Å². The van der Waals surface area contributed by atoms with Crippen molar-refractivity contribution in [1.29, 1.82) is 0 Å². The zero-order valence-electron chi connectivity index (χ0n) is 12.5. The Hall–Kier alpha value is -2.14. The van der Waals surface area contributed by atoms with E-state index in [0.29, 0.717) is 23.0 Å². The third kappa shape index (κ3) is 2.13. The minimum Gasteiger partial charge on any atom is -0.325 e. The Balaban J connectivity index is 2.54. The van der Waals surface area contributed by atoms with Crippen LogP contribution < -0.4 is 11.2 Å². The number of hydrogen-bond acceptors (Lipinski definition) is 3. The van der Waals surface area contributed by atoms with Gasteiger partial charge in [-0.05, 0) is 12.5 Å². The number of unbranched alkanes of at least 4 members (excludes halogenated alkanes) is 1. The molecule has 0 amide bonds. The quantitative estimate of drug-likeness (QED) is 0.698. The molecule has 0 unspecified atom stereocenters. The standard InChI is InChI=1S/C16H16ClN3O2/c1-3-4-9-20-11-8-6-5-7-10(11)13(17)12-14(20)18-16(22)19(2)15(12)21/h5-8H,3-4,9H2,1-2H3. The van der Waals surface area contributed by atoms with Crippen LogP contribution in [0.2, 0.25) is 5.02 Å². The molecule has 2 heterocycles. The largest absolute Gasteiger partial charge is 0.352 e. The fourth-order valence-corrected chi connectivity index (χ4v) is 2.97. The molecule has 0 fully saturated rings. The molecule has 0 aromatic heterocycles. The van der Waals surface area contributed by atoms with E-state index < -0.39 is 11.2 Å². The zero-order chi connectivity index (χ0) is 15.9. The van der Waals surface area contributed by atoms with Crippen LogP contribution in [0.4, 0.5) is 0 Å². The molecular formula is C16H16ClN3O2. The highest BCUT2D eigenvalue weighted by Crippen LogP contribution is 2.33. The van der Waals surface area contributed by atoms with E-state index >= 15 is 0 Å². The van der Waals surface area contributed by atoms with Crippen LogP contribution in [0.5, 0.6) is 0 Å². The van der Waals surface area contributed by atoms with Gasteiger partial charge in [-0.3, -0.25) is 9.36 Å². The van der Waals surface area contributed by atoms with E-state index in [9.17, 15) is 9.59 Å². The normalized spacial score (nSPS) is 11.4. The lowest BCUT2D eigenvalue weighted by Crippen LogP contribution is -2.36. The summed E-state index contributed by atoms with van der Waals surface area (Å²) in [6, 6.07) is 7.60. The number of rotatable bonds is 3. The number of nitrogens with zero attached hydrogens (tertiary/aromatic N) is 3. The van der Waals surface area contributed by atoms with Crippen molar-refractivity contribution in [3.05, 3.63) is 50.1 Å². The van der Waals surface area contributed by atoms with Crippen LogP contribution in [-0.2, 0) is 13.6 Å². The van der Waals surface area contributed by atoms with E-state index in [1.54, 1.807) is 0 Å². The van der Waals surface area contributed by atoms with Crippen molar-refractivity contribution in [2.75, 3.05) is 0 Å². The summed E-state index contributed by atoms with van der Waals surface area (Å²) >= 11 is 6.44. The first-order chi connectivity index (χ1) is 10.6. The van der Waals surface area contributed by atoms with Gasteiger partial charge in [0.1, 0.15) is 5.56 Å². The van der Waals surface area contributed by atoms with E-state index in [4.69, 9.17) is 11.6 Å². The highest BCUT2D eigenvalue weighted by atomic mass is 35.5. The lowest BCUT2D eigenvalue weighted by Gasteiger charge is -2.19. The maximum absolute atomic E-state index is 12.5. The second-order valence-corrected chi connectivity index (χ2v) is 5.67. The van der Waals surface area contributed by atoms with Crippen LogP contribution in [-0.4, -0.2) is 14.1 Å². The van der Waals surface area contributed by atoms with E-state index in [-0.39, 0.29) is 0 Å². The summed E-state index contributed by atoms with van der Waals surface area (Å²) in [7, 11) is 1.42. The zero-order valence-corrected chi connectivity index (χ0v) is 13.2. The smallest absolute Gasteiger partial charge is 0.325 e. The monoisotopic (exact) mass is 317 g/mol. The van der Waals surface area contributed by atoms with Crippen LogP contribution in [0, 0.1) is 0 Å². The summed E-state index contributed by atoms with van der Waals surface area (Å²) in [5.41, 5.74) is 0.220. The van der Waals surface area contributed by atoms with Gasteiger partial charge in [-0.25, -0.2) is 4.79 Å². The molecule has 2 aliphatic rings. The van der Waals surface area contributed by atoms with Gasteiger partial charge in [0.25, 0.3) is 5.56 Å². The van der Waals surface area contributed by atoms with Crippen molar-refractivity contribution in [3.8, 4) is 11.4 Å². The molecule has 0 bridgehead atoms. The van der Waals surface area contributed by atoms with Gasteiger partial charge in [-0.15, -0.1) is 0 Å². The summed E-state index contributed by atoms with van der Waals surface area (Å²) in [5, 5.41) is 1.15. The summed E-state index contributed by atoms with van der Waals surface area (Å²) in [5.74, 6) is 0.366. The molecule has 3 rings (SSSR count). The van der Waals surface area contributed by atoms with Crippen molar-refractivity contribution < 1.29 is 0 Å². The highest BCUT2D eigenvalue weighted by Gasteiger charge is 2.22. The number of aryl methyl sites for hydroxylation is 1. The number of benzene rings is 1. The first-order valence-corrected chi connectivity index (χ1v) is 7.61. The summed E-state index contributed by atoms with van der Waals surface area (Å²) in [4.78, 5) is 28.5. The lowest BCUT2D eigenvalue weighted by atomic mass is 10.1. The number of aromatic nitrogens is 3. The molecule has 22 heavy (non-hydrogen) atoms. The molecule has 1 aromatic carbocycles. The van der Waals surface area contributed by atoms with Crippen LogP contribution in [0.15, 0.2) is 33.9 Å². The third-order valence-corrected chi connectivity index (χ3v) is 4.26. The molecule has 114 valence electrons. The fourth-order valence-electron chi connectivity index (χ4n) is 2.65. The molecule has 5 nitrogen and oxygen atoms in total. The maximum atomic E-state index is 12.5. The van der Waals surface area contributed by atoms with Crippen molar-refractivity contribution in [2.45, 2.75) is 26.3 Å². The Labute approximate surface area is 132 Å². The summed E-state index contributed by atoms with van der Waals surface area (Å²) in [6.45, 7) is 2.77. The second-order valence-electron chi connectivity index (χ2n) is 5.29. The third-order valence-electron chi connectivity index (χ3n) is 3.87. The molecule has 0 spiro atoms. The van der Waals surface area contributed by atoms with Crippen LogP contribution in [0.3, 0.4) is 0 Å². The Bertz CT molecular complexity index is 943. The van der Waals surface area contributed by atoms with Gasteiger partial charge in [0.2, 0.25) is 0 Å². The first-order valence-electron chi connectivity index (χ1n) is 7.24. The van der Waals surface area contributed by atoms with Gasteiger partial charge in [-0.1, -0.05) is 43.1 Å². The molecule has 0 atom stereocenters. The van der Waals surface area contributed by atoms with Crippen LogP contribution in [0.25, 0.3) is 22.3 Å². The van der Waals surface area contributed by atoms with Gasteiger partial charge in [0.05, 0.1) is 10.5 Å². The molecule has 0 radical (unpaired) electrons. The maximum Gasteiger partial charge on any atom is 0.352 e. The predicted octanol–water partition coefficient (Wildman–Crippen LogP) is 2.65. The second kappa shape index (κ2) is 5.57. The Kier molecular flexibility index (Phi) is 3.74. The first kappa shape index (κ1) is 14.8. The lowest BCUT2D eigenvalue weighted by molar-refractivity contribution is 0.635. The van der Waals surface area contributed by atoms with Gasteiger partial charge < -0.3 is 4.57 Å². The number of fused-ring (bicyclic) bond motifs is 2. The number of halogens is 1. The van der Waals surface area contributed by atoms with E-state index in [0.717, 1.165) is 28.3 Å². The van der Waals surface area contributed by atoms with E-state index in [2.05, 4.69) is 11.9 Å². The Morgan fingerprint density at radius 1 is 1.23 bits per heavy atom. The average Bonchev–Trinajstić information content (AvgIpc) is 2.52. The van der Waals surface area contributed by atoms with E-state index in [1.807, 2.05) is 28.8 Å². The van der Waals surface area contributed by atoms with Crippen molar-refractivity contribution in [2.24, 2.45) is 7.05 Å². The van der Waals surface area contributed by atoms with Crippen molar-refractivity contribution in [1.82, 2.24) is 14.1 Å². The number of para-hydroxylation sites is 1. The Morgan fingerprint density at radius 3 is 2.68 bits per heavy atom. The average molecular weight is 318 g/mol. The molecule has 1 aromatic rings. The van der Waals surface area contributed by atoms with Crippen molar-refractivity contribution >= 4 is 22.5 Å². The molecule has 0 saturated carbocycles. The van der Waals surface area contributed by atoms with E-state index in [1.165, 1.54) is 7.05 Å². The summed E-state index contributed by atoms with van der Waals surface area (Å²) < 4.78 is 2.91. The van der Waals surface area contributed by atoms with Crippen LogP contribution in [0.1, 0.15) is 19.8 Å². The van der Waals surface area contributed by atoms with Gasteiger partial charge in [-0.2, -0.15) is 4.98 Å². The predicted molar refractivity (Wildman–Crippen MR) is 87.8 cm³/mol. The fraction of sp³-hybridized carbons (Fsp3) is 0.312. The molecular weight excluding hydrogens is 302 g/mol.